The monoisotopic (exact) mass is 250 g/mol. The van der Waals surface area contributed by atoms with Gasteiger partial charge in [0.25, 0.3) is 5.91 Å². The first-order valence-electron chi connectivity index (χ1n) is 4.87. The zero-order chi connectivity index (χ0) is 11.5. The van der Waals surface area contributed by atoms with Crippen molar-refractivity contribution >= 4 is 40.3 Å². The van der Waals surface area contributed by atoms with E-state index in [0.29, 0.717) is 15.8 Å². The Labute approximate surface area is 104 Å². The minimum atomic E-state index is -0.0126. The van der Waals surface area contributed by atoms with E-state index in [1.165, 1.54) is 11.8 Å². The SMILES string of the molecule is CCN1C(=O)/C(=C\c2cccnc2)SC1=S. The number of hydrogen-bond donors (Lipinski definition) is 0. The van der Waals surface area contributed by atoms with Crippen molar-refractivity contribution in [1.29, 1.82) is 0 Å². The molecule has 0 aromatic carbocycles. The van der Waals surface area contributed by atoms with E-state index < -0.39 is 0 Å². The van der Waals surface area contributed by atoms with Crippen molar-refractivity contribution in [1.82, 2.24) is 9.88 Å². The summed E-state index contributed by atoms with van der Waals surface area (Å²) in [7, 11) is 0. The van der Waals surface area contributed by atoms with Crippen LogP contribution < -0.4 is 0 Å². The lowest BCUT2D eigenvalue weighted by molar-refractivity contribution is -0.121. The van der Waals surface area contributed by atoms with Crippen LogP contribution in [0.4, 0.5) is 0 Å². The molecule has 0 saturated carbocycles. The summed E-state index contributed by atoms with van der Waals surface area (Å²) >= 11 is 6.46. The molecule has 2 rings (SSSR count). The molecule has 1 saturated heterocycles. The van der Waals surface area contributed by atoms with Gasteiger partial charge < -0.3 is 0 Å². The average molecular weight is 250 g/mol. The van der Waals surface area contributed by atoms with Gasteiger partial charge in [-0.05, 0) is 24.6 Å². The first-order chi connectivity index (χ1) is 7.72. The highest BCUT2D eigenvalue weighted by Gasteiger charge is 2.30. The van der Waals surface area contributed by atoms with Crippen LogP contribution in [0.15, 0.2) is 29.4 Å². The Kier molecular flexibility index (Phi) is 3.36. The molecule has 0 unspecified atom stereocenters. The summed E-state index contributed by atoms with van der Waals surface area (Å²) < 4.78 is 0.627. The molecule has 2 heterocycles. The van der Waals surface area contributed by atoms with Gasteiger partial charge in [0.2, 0.25) is 0 Å². The highest BCUT2D eigenvalue weighted by Crippen LogP contribution is 2.31. The molecule has 16 heavy (non-hydrogen) atoms. The van der Waals surface area contributed by atoms with Crippen molar-refractivity contribution < 1.29 is 4.79 Å². The lowest BCUT2D eigenvalue weighted by Gasteiger charge is -2.09. The molecule has 1 aromatic heterocycles. The minimum absolute atomic E-state index is 0.0126. The van der Waals surface area contributed by atoms with Crippen LogP contribution in [0.25, 0.3) is 6.08 Å². The number of pyridine rings is 1. The van der Waals surface area contributed by atoms with Gasteiger partial charge in [0, 0.05) is 18.9 Å². The highest BCUT2D eigenvalue weighted by atomic mass is 32.2. The number of amides is 1. The third-order valence-electron chi connectivity index (χ3n) is 2.17. The lowest BCUT2D eigenvalue weighted by Crippen LogP contribution is -2.27. The fraction of sp³-hybridized carbons (Fsp3) is 0.182. The third-order valence-corrected chi connectivity index (χ3v) is 3.55. The topological polar surface area (TPSA) is 33.2 Å². The van der Waals surface area contributed by atoms with E-state index in [1.54, 1.807) is 17.3 Å². The second kappa shape index (κ2) is 4.76. The lowest BCUT2D eigenvalue weighted by atomic mass is 10.2. The molecule has 1 aromatic rings. The van der Waals surface area contributed by atoms with Crippen molar-refractivity contribution in [3.63, 3.8) is 0 Å². The number of nitrogens with zero attached hydrogens (tertiary/aromatic N) is 2. The predicted molar refractivity (Wildman–Crippen MR) is 69.8 cm³/mol. The zero-order valence-electron chi connectivity index (χ0n) is 8.71. The molecule has 0 spiro atoms. The summed E-state index contributed by atoms with van der Waals surface area (Å²) in [6, 6.07) is 3.75. The predicted octanol–water partition coefficient (Wildman–Crippen LogP) is 2.30. The number of carbonyl (C=O) groups excluding carboxylic acids is 1. The fourth-order valence-corrected chi connectivity index (χ4v) is 2.77. The van der Waals surface area contributed by atoms with Crippen molar-refractivity contribution in [3.8, 4) is 0 Å². The maximum Gasteiger partial charge on any atom is 0.266 e. The summed E-state index contributed by atoms with van der Waals surface area (Å²) in [5.74, 6) is -0.0126. The van der Waals surface area contributed by atoms with Crippen LogP contribution >= 0.6 is 24.0 Å². The summed E-state index contributed by atoms with van der Waals surface area (Å²) in [4.78, 5) is 18.1. The second-order valence-electron chi connectivity index (χ2n) is 3.21. The molecule has 1 fully saturated rings. The van der Waals surface area contributed by atoms with Crippen LogP contribution in [0.2, 0.25) is 0 Å². The Hall–Kier alpha value is -1.20. The van der Waals surface area contributed by atoms with Crippen molar-refractivity contribution in [2.75, 3.05) is 6.54 Å². The fourth-order valence-electron chi connectivity index (χ4n) is 1.39. The molecule has 0 aliphatic carbocycles. The van der Waals surface area contributed by atoms with E-state index >= 15 is 0 Å². The quantitative estimate of drug-likeness (QED) is 0.595. The molecule has 5 heteroatoms. The van der Waals surface area contributed by atoms with Crippen LogP contribution in [0.3, 0.4) is 0 Å². The smallest absolute Gasteiger partial charge is 0.266 e. The standard InChI is InChI=1S/C11H10N2OS2/c1-2-13-10(14)9(16-11(13)15)6-8-4-3-5-12-7-8/h3-7H,2H2,1H3/b9-6+. The first-order valence-corrected chi connectivity index (χ1v) is 6.10. The normalized spacial score (nSPS) is 18.6. The van der Waals surface area contributed by atoms with E-state index in [9.17, 15) is 4.79 Å². The van der Waals surface area contributed by atoms with Crippen LogP contribution in [0, 0.1) is 0 Å². The van der Waals surface area contributed by atoms with Gasteiger partial charge in [0.1, 0.15) is 4.32 Å². The summed E-state index contributed by atoms with van der Waals surface area (Å²) in [5, 5.41) is 0. The largest absolute Gasteiger partial charge is 0.293 e. The number of thiocarbonyl (C=S) groups is 1. The van der Waals surface area contributed by atoms with Gasteiger partial charge in [0.05, 0.1) is 4.91 Å². The Morgan fingerprint density at radius 3 is 3.00 bits per heavy atom. The van der Waals surface area contributed by atoms with E-state index in [-0.39, 0.29) is 5.91 Å². The average Bonchev–Trinajstić information content (AvgIpc) is 2.55. The van der Waals surface area contributed by atoms with Crippen LogP contribution in [-0.2, 0) is 4.79 Å². The van der Waals surface area contributed by atoms with Crippen molar-refractivity contribution in [3.05, 3.63) is 35.0 Å². The summed E-state index contributed by atoms with van der Waals surface area (Å²) in [5.41, 5.74) is 0.916. The molecule has 1 amide bonds. The Bertz CT molecular complexity index is 456. The second-order valence-corrected chi connectivity index (χ2v) is 4.89. The van der Waals surface area contributed by atoms with E-state index in [4.69, 9.17) is 12.2 Å². The van der Waals surface area contributed by atoms with E-state index in [0.717, 1.165) is 5.56 Å². The third kappa shape index (κ3) is 2.15. The molecule has 0 bridgehead atoms. The van der Waals surface area contributed by atoms with Gasteiger partial charge in [-0.25, -0.2) is 0 Å². The molecule has 82 valence electrons. The molecular formula is C11H10N2OS2. The van der Waals surface area contributed by atoms with Gasteiger partial charge in [0.15, 0.2) is 0 Å². The number of thioether (sulfide) groups is 1. The van der Waals surface area contributed by atoms with Gasteiger partial charge in [-0.1, -0.05) is 30.0 Å². The number of rotatable bonds is 2. The molecule has 0 radical (unpaired) electrons. The number of carbonyl (C=O) groups is 1. The van der Waals surface area contributed by atoms with Crippen molar-refractivity contribution in [2.45, 2.75) is 6.92 Å². The zero-order valence-corrected chi connectivity index (χ0v) is 10.3. The summed E-state index contributed by atoms with van der Waals surface area (Å²) in [6.07, 6.45) is 5.25. The van der Waals surface area contributed by atoms with Gasteiger partial charge >= 0.3 is 0 Å². The Balaban J connectivity index is 2.27. The van der Waals surface area contributed by atoms with Crippen molar-refractivity contribution in [2.24, 2.45) is 0 Å². The van der Waals surface area contributed by atoms with E-state index in [2.05, 4.69) is 4.98 Å². The molecule has 0 N–H and O–H groups in total. The Morgan fingerprint density at radius 1 is 1.62 bits per heavy atom. The van der Waals surface area contributed by atoms with E-state index in [1.807, 2.05) is 25.1 Å². The maximum atomic E-state index is 11.9. The van der Waals surface area contributed by atoms with Gasteiger partial charge in [-0.2, -0.15) is 0 Å². The Morgan fingerprint density at radius 2 is 2.44 bits per heavy atom. The number of likely N-dealkylation sites (N-methyl/N-ethyl adjacent to an activating group) is 1. The summed E-state index contributed by atoms with van der Waals surface area (Å²) in [6.45, 7) is 2.53. The molecule has 1 aliphatic heterocycles. The molecule has 0 atom stereocenters. The van der Waals surface area contributed by atoms with Crippen LogP contribution in [0.5, 0.6) is 0 Å². The first kappa shape index (κ1) is 11.3. The molecule has 1 aliphatic rings. The number of hydrogen-bond acceptors (Lipinski definition) is 4. The molecular weight excluding hydrogens is 240 g/mol. The van der Waals surface area contributed by atoms with Crippen LogP contribution in [-0.4, -0.2) is 26.7 Å². The molecule has 3 nitrogen and oxygen atoms in total. The minimum Gasteiger partial charge on any atom is -0.293 e. The van der Waals surface area contributed by atoms with Gasteiger partial charge in [-0.3, -0.25) is 14.7 Å². The van der Waals surface area contributed by atoms with Crippen LogP contribution in [0.1, 0.15) is 12.5 Å². The maximum absolute atomic E-state index is 11.9. The van der Waals surface area contributed by atoms with Gasteiger partial charge in [-0.15, -0.1) is 0 Å². The highest BCUT2D eigenvalue weighted by molar-refractivity contribution is 8.26. The number of aromatic nitrogens is 1.